The first-order chi connectivity index (χ1) is 10.2. The van der Waals surface area contributed by atoms with Crippen molar-refractivity contribution in [1.82, 2.24) is 15.3 Å². The minimum Gasteiger partial charge on any atom is -0.480 e. The van der Waals surface area contributed by atoms with Crippen molar-refractivity contribution in [2.24, 2.45) is 0 Å². The predicted octanol–water partition coefficient (Wildman–Crippen LogP) is 2.33. The summed E-state index contributed by atoms with van der Waals surface area (Å²) in [6.45, 7) is 2.59. The molecule has 2 aromatic rings. The average Bonchev–Trinajstić information content (AvgIpc) is 2.53. The summed E-state index contributed by atoms with van der Waals surface area (Å²) >= 11 is 0. The summed E-state index contributed by atoms with van der Waals surface area (Å²) in [6.07, 6.45) is 1.49. The van der Waals surface area contributed by atoms with Gasteiger partial charge in [0.15, 0.2) is 0 Å². The highest BCUT2D eigenvalue weighted by Gasteiger charge is 2.23. The van der Waals surface area contributed by atoms with Crippen molar-refractivity contribution in [2.45, 2.75) is 13.0 Å². The standard InChI is InChI=1S/C15H18FN3O2/c1-4-17-13(10-7-5-6-8-11(10)16)14-15(21-3)19-12(20-2)9-18-14/h5-9,13,17H,4H2,1-3H3. The molecule has 0 aliphatic heterocycles. The van der Waals surface area contributed by atoms with E-state index in [2.05, 4.69) is 15.3 Å². The van der Waals surface area contributed by atoms with E-state index in [1.54, 1.807) is 18.2 Å². The molecule has 1 atom stereocenters. The Bertz CT molecular complexity index is 607. The lowest BCUT2D eigenvalue weighted by Gasteiger charge is -2.20. The summed E-state index contributed by atoms with van der Waals surface area (Å²) in [4.78, 5) is 8.51. The monoisotopic (exact) mass is 291 g/mol. The molecule has 0 bridgehead atoms. The van der Waals surface area contributed by atoms with Crippen molar-refractivity contribution in [3.05, 3.63) is 47.5 Å². The van der Waals surface area contributed by atoms with Gasteiger partial charge in [0.1, 0.15) is 11.5 Å². The van der Waals surface area contributed by atoms with E-state index in [0.29, 0.717) is 29.6 Å². The Hall–Kier alpha value is -2.21. The Kier molecular flexibility index (Phi) is 5.05. The minimum atomic E-state index is -0.440. The second kappa shape index (κ2) is 6.99. The minimum absolute atomic E-state index is 0.303. The zero-order chi connectivity index (χ0) is 15.2. The highest BCUT2D eigenvalue weighted by Crippen LogP contribution is 2.29. The van der Waals surface area contributed by atoms with Crippen LogP contribution in [0, 0.1) is 5.82 Å². The number of ether oxygens (including phenoxy) is 2. The molecule has 1 unspecified atom stereocenters. The molecule has 1 aromatic carbocycles. The van der Waals surface area contributed by atoms with E-state index in [0.717, 1.165) is 0 Å². The van der Waals surface area contributed by atoms with Crippen LogP contribution in [0.2, 0.25) is 0 Å². The normalized spacial score (nSPS) is 12.0. The number of halogens is 1. The summed E-state index contributed by atoms with van der Waals surface area (Å²) < 4.78 is 24.4. The van der Waals surface area contributed by atoms with Crippen LogP contribution in [0.25, 0.3) is 0 Å². The molecule has 1 aromatic heterocycles. The molecule has 0 aliphatic rings. The highest BCUT2D eigenvalue weighted by molar-refractivity contribution is 5.35. The van der Waals surface area contributed by atoms with Gasteiger partial charge in [-0.25, -0.2) is 9.37 Å². The molecule has 0 spiro atoms. The third-order valence-electron chi connectivity index (χ3n) is 3.05. The summed E-state index contributed by atoms with van der Waals surface area (Å²) in [5.41, 5.74) is 1.02. The van der Waals surface area contributed by atoms with Gasteiger partial charge in [-0.2, -0.15) is 4.98 Å². The quantitative estimate of drug-likeness (QED) is 0.885. The number of benzene rings is 1. The van der Waals surface area contributed by atoms with E-state index in [1.807, 2.05) is 6.92 Å². The first-order valence-corrected chi connectivity index (χ1v) is 6.64. The SMILES string of the molecule is CCNC(c1ccccc1F)c1ncc(OC)nc1OC. The first kappa shape index (κ1) is 15.2. The average molecular weight is 291 g/mol. The lowest BCUT2D eigenvalue weighted by Crippen LogP contribution is -2.25. The van der Waals surface area contributed by atoms with Gasteiger partial charge < -0.3 is 14.8 Å². The van der Waals surface area contributed by atoms with Crippen LogP contribution in [0.15, 0.2) is 30.5 Å². The molecule has 1 N–H and O–H groups in total. The van der Waals surface area contributed by atoms with Gasteiger partial charge in [0.25, 0.3) is 0 Å². The molecule has 0 radical (unpaired) electrons. The summed E-state index contributed by atoms with van der Waals surface area (Å²) in [5, 5.41) is 3.20. The van der Waals surface area contributed by atoms with Crippen LogP contribution >= 0.6 is 0 Å². The van der Waals surface area contributed by atoms with Gasteiger partial charge in [0.05, 0.1) is 26.5 Å². The number of nitrogens with one attached hydrogen (secondary N) is 1. The number of methoxy groups -OCH3 is 2. The van der Waals surface area contributed by atoms with Gasteiger partial charge in [-0.1, -0.05) is 25.1 Å². The molecule has 5 nitrogen and oxygen atoms in total. The Labute approximate surface area is 123 Å². The fourth-order valence-corrected chi connectivity index (χ4v) is 2.08. The zero-order valence-corrected chi connectivity index (χ0v) is 12.3. The van der Waals surface area contributed by atoms with Gasteiger partial charge >= 0.3 is 0 Å². The van der Waals surface area contributed by atoms with Crippen LogP contribution in [0.4, 0.5) is 4.39 Å². The van der Waals surface area contributed by atoms with E-state index in [-0.39, 0.29) is 5.82 Å². The van der Waals surface area contributed by atoms with Gasteiger partial charge in [0.2, 0.25) is 11.8 Å². The van der Waals surface area contributed by atoms with Crippen LogP contribution in [-0.4, -0.2) is 30.7 Å². The molecular weight excluding hydrogens is 273 g/mol. The topological polar surface area (TPSA) is 56.3 Å². The van der Waals surface area contributed by atoms with E-state index in [4.69, 9.17) is 9.47 Å². The molecule has 0 saturated heterocycles. The van der Waals surface area contributed by atoms with Crippen molar-refractivity contribution < 1.29 is 13.9 Å². The van der Waals surface area contributed by atoms with Crippen molar-refractivity contribution in [2.75, 3.05) is 20.8 Å². The molecule has 112 valence electrons. The molecule has 6 heteroatoms. The smallest absolute Gasteiger partial charge is 0.240 e. The van der Waals surface area contributed by atoms with Crippen LogP contribution in [0.5, 0.6) is 11.8 Å². The second-order valence-corrected chi connectivity index (χ2v) is 4.32. The lowest BCUT2D eigenvalue weighted by molar-refractivity contribution is 0.352. The Morgan fingerprint density at radius 3 is 2.62 bits per heavy atom. The first-order valence-electron chi connectivity index (χ1n) is 6.64. The van der Waals surface area contributed by atoms with Crippen LogP contribution in [0.3, 0.4) is 0 Å². The largest absolute Gasteiger partial charge is 0.480 e. The molecule has 0 fully saturated rings. The molecule has 1 heterocycles. The highest BCUT2D eigenvalue weighted by atomic mass is 19.1. The van der Waals surface area contributed by atoms with Crippen molar-refractivity contribution in [3.63, 3.8) is 0 Å². The Morgan fingerprint density at radius 1 is 1.24 bits per heavy atom. The maximum atomic E-state index is 14.1. The number of rotatable bonds is 6. The van der Waals surface area contributed by atoms with Crippen LogP contribution in [-0.2, 0) is 0 Å². The van der Waals surface area contributed by atoms with Gasteiger partial charge in [-0.3, -0.25) is 0 Å². The molecule has 0 aliphatic carbocycles. The van der Waals surface area contributed by atoms with Gasteiger partial charge in [0, 0.05) is 5.56 Å². The van der Waals surface area contributed by atoms with E-state index < -0.39 is 6.04 Å². The van der Waals surface area contributed by atoms with E-state index in [9.17, 15) is 4.39 Å². The molecule has 0 amide bonds. The third-order valence-corrected chi connectivity index (χ3v) is 3.05. The Morgan fingerprint density at radius 2 is 2.00 bits per heavy atom. The fraction of sp³-hybridized carbons (Fsp3) is 0.333. The molecular formula is C15H18FN3O2. The number of hydrogen-bond donors (Lipinski definition) is 1. The summed E-state index contributed by atoms with van der Waals surface area (Å²) in [7, 11) is 3.00. The maximum absolute atomic E-state index is 14.1. The molecule has 2 rings (SSSR count). The van der Waals surface area contributed by atoms with Crippen molar-refractivity contribution >= 4 is 0 Å². The van der Waals surface area contributed by atoms with Crippen molar-refractivity contribution in [1.29, 1.82) is 0 Å². The van der Waals surface area contributed by atoms with Gasteiger partial charge in [-0.15, -0.1) is 0 Å². The second-order valence-electron chi connectivity index (χ2n) is 4.32. The predicted molar refractivity (Wildman–Crippen MR) is 77.1 cm³/mol. The third kappa shape index (κ3) is 3.28. The van der Waals surface area contributed by atoms with E-state index >= 15 is 0 Å². The molecule has 21 heavy (non-hydrogen) atoms. The fourth-order valence-electron chi connectivity index (χ4n) is 2.08. The molecule has 0 saturated carbocycles. The summed E-state index contributed by atoms with van der Waals surface area (Å²) in [5.74, 6) is 0.353. The van der Waals surface area contributed by atoms with Crippen molar-refractivity contribution in [3.8, 4) is 11.8 Å². The van der Waals surface area contributed by atoms with Crippen LogP contribution < -0.4 is 14.8 Å². The lowest BCUT2D eigenvalue weighted by atomic mass is 10.0. The van der Waals surface area contributed by atoms with Gasteiger partial charge in [-0.05, 0) is 12.6 Å². The number of nitrogens with zero attached hydrogens (tertiary/aromatic N) is 2. The summed E-state index contributed by atoms with van der Waals surface area (Å²) in [6, 6.07) is 6.13. The zero-order valence-electron chi connectivity index (χ0n) is 12.3. The van der Waals surface area contributed by atoms with E-state index in [1.165, 1.54) is 26.5 Å². The maximum Gasteiger partial charge on any atom is 0.240 e. The Balaban J connectivity index is 2.50. The number of aromatic nitrogens is 2. The van der Waals surface area contributed by atoms with Crippen LogP contribution in [0.1, 0.15) is 24.2 Å². The number of hydrogen-bond acceptors (Lipinski definition) is 5.